The molecule has 0 aliphatic heterocycles. The van der Waals surface area contributed by atoms with E-state index >= 15 is 0 Å². The molecular formula is C22H19ClN4O3S. The van der Waals surface area contributed by atoms with Gasteiger partial charge in [-0.05, 0) is 48.5 Å². The molecule has 0 bridgehead atoms. The summed E-state index contributed by atoms with van der Waals surface area (Å²) in [7, 11) is -1.68. The van der Waals surface area contributed by atoms with Gasteiger partial charge in [-0.3, -0.25) is 4.98 Å². The van der Waals surface area contributed by atoms with Crippen molar-refractivity contribution in [3.8, 4) is 11.3 Å². The highest BCUT2D eigenvalue weighted by molar-refractivity contribution is 7.90. The van der Waals surface area contributed by atoms with Gasteiger partial charge in [0.2, 0.25) is 0 Å². The van der Waals surface area contributed by atoms with Gasteiger partial charge < -0.3 is 10.1 Å². The Bertz CT molecular complexity index is 1360. The molecule has 0 aliphatic rings. The molecule has 0 amide bonds. The third kappa shape index (κ3) is 4.66. The maximum Gasteiger partial charge on any atom is 0.175 e. The van der Waals surface area contributed by atoms with Gasteiger partial charge in [0, 0.05) is 36.2 Å². The molecule has 1 N–H and O–H groups in total. The Morgan fingerprint density at radius 2 is 1.84 bits per heavy atom. The number of halogens is 1. The molecule has 0 saturated heterocycles. The van der Waals surface area contributed by atoms with Crippen molar-refractivity contribution in [3.05, 3.63) is 71.6 Å². The summed E-state index contributed by atoms with van der Waals surface area (Å²) in [6, 6.07) is 15.8. The Morgan fingerprint density at radius 1 is 1.06 bits per heavy atom. The van der Waals surface area contributed by atoms with E-state index in [1.807, 2.05) is 18.2 Å². The van der Waals surface area contributed by atoms with Gasteiger partial charge in [-0.25, -0.2) is 18.4 Å². The smallest absolute Gasteiger partial charge is 0.175 e. The standard InChI is InChI=1S/C22H19ClN4O3S/c1-30-13-20-26-19-12-14(21-18(23)4-3-11-24-21)5-10-17(19)22(27-20)25-15-6-8-16(9-7-15)31(2,28)29/h3-12H,13H2,1-2H3,(H,25,26,27). The fourth-order valence-electron chi connectivity index (χ4n) is 3.13. The summed E-state index contributed by atoms with van der Waals surface area (Å²) in [4.78, 5) is 13.8. The molecule has 0 aliphatic carbocycles. The van der Waals surface area contributed by atoms with Crippen molar-refractivity contribution in [2.24, 2.45) is 0 Å². The van der Waals surface area contributed by atoms with Crippen LogP contribution >= 0.6 is 11.6 Å². The number of hydrogen-bond acceptors (Lipinski definition) is 7. The number of pyridine rings is 1. The first-order valence-electron chi connectivity index (χ1n) is 9.33. The molecular weight excluding hydrogens is 436 g/mol. The zero-order valence-electron chi connectivity index (χ0n) is 16.8. The van der Waals surface area contributed by atoms with Crippen LogP contribution in [0.15, 0.2) is 65.7 Å². The van der Waals surface area contributed by atoms with E-state index in [9.17, 15) is 8.42 Å². The molecule has 0 radical (unpaired) electrons. The number of hydrogen-bond donors (Lipinski definition) is 1. The van der Waals surface area contributed by atoms with Gasteiger partial charge in [-0.15, -0.1) is 0 Å². The van der Waals surface area contributed by atoms with E-state index in [1.165, 1.54) is 6.26 Å². The second-order valence-corrected chi connectivity index (χ2v) is 9.33. The lowest BCUT2D eigenvalue weighted by molar-refractivity contribution is 0.178. The van der Waals surface area contributed by atoms with Crippen molar-refractivity contribution in [1.29, 1.82) is 0 Å². The second kappa shape index (κ2) is 8.58. The minimum Gasteiger partial charge on any atom is -0.377 e. The summed E-state index contributed by atoms with van der Waals surface area (Å²) in [5.74, 6) is 1.09. The number of aromatic nitrogens is 3. The molecule has 0 fully saturated rings. The lowest BCUT2D eigenvalue weighted by atomic mass is 10.1. The number of methoxy groups -OCH3 is 1. The maximum atomic E-state index is 11.7. The van der Waals surface area contributed by atoms with E-state index in [0.717, 1.165) is 10.9 Å². The number of sulfone groups is 1. The number of anilines is 2. The van der Waals surface area contributed by atoms with Gasteiger partial charge in [-0.2, -0.15) is 0 Å². The Labute approximate surface area is 185 Å². The molecule has 158 valence electrons. The van der Waals surface area contributed by atoms with Crippen LogP contribution in [0.1, 0.15) is 5.82 Å². The van der Waals surface area contributed by atoms with Gasteiger partial charge in [0.05, 0.1) is 21.1 Å². The van der Waals surface area contributed by atoms with E-state index in [-0.39, 0.29) is 11.5 Å². The van der Waals surface area contributed by atoms with E-state index in [4.69, 9.17) is 16.3 Å². The molecule has 0 unspecified atom stereocenters. The lowest BCUT2D eigenvalue weighted by Gasteiger charge is -2.12. The van der Waals surface area contributed by atoms with Crippen LogP contribution in [0.2, 0.25) is 5.02 Å². The first-order chi connectivity index (χ1) is 14.8. The molecule has 4 rings (SSSR count). The predicted octanol–water partition coefficient (Wildman–Crippen LogP) is 4.64. The fourth-order valence-corrected chi connectivity index (χ4v) is 4.00. The quantitative estimate of drug-likeness (QED) is 0.453. The molecule has 9 heteroatoms. The van der Waals surface area contributed by atoms with Crippen molar-refractivity contribution < 1.29 is 13.2 Å². The molecule has 0 atom stereocenters. The summed E-state index contributed by atoms with van der Waals surface area (Å²) in [6.07, 6.45) is 2.87. The van der Waals surface area contributed by atoms with Crippen LogP contribution in [0.4, 0.5) is 11.5 Å². The number of rotatable bonds is 6. The van der Waals surface area contributed by atoms with Gasteiger partial charge in [0.25, 0.3) is 0 Å². The third-order valence-corrected chi connectivity index (χ3v) is 6.03. The molecule has 0 saturated carbocycles. The van der Waals surface area contributed by atoms with Gasteiger partial charge in [-0.1, -0.05) is 17.7 Å². The Hall–Kier alpha value is -3.07. The summed E-state index contributed by atoms with van der Waals surface area (Å²) < 4.78 is 28.6. The average molecular weight is 455 g/mol. The average Bonchev–Trinajstić information content (AvgIpc) is 2.74. The van der Waals surface area contributed by atoms with Crippen LogP contribution in [0, 0.1) is 0 Å². The number of fused-ring (bicyclic) bond motifs is 1. The first kappa shape index (κ1) is 21.2. The molecule has 7 nitrogen and oxygen atoms in total. The number of ether oxygens (including phenoxy) is 1. The topological polar surface area (TPSA) is 94.1 Å². The van der Waals surface area contributed by atoms with Crippen LogP contribution in [-0.2, 0) is 21.2 Å². The maximum absolute atomic E-state index is 11.7. The monoisotopic (exact) mass is 454 g/mol. The second-order valence-electron chi connectivity index (χ2n) is 6.91. The fraction of sp³-hybridized carbons (Fsp3) is 0.136. The lowest BCUT2D eigenvalue weighted by Crippen LogP contribution is -2.03. The van der Waals surface area contributed by atoms with Crippen LogP contribution < -0.4 is 5.32 Å². The molecule has 2 heterocycles. The van der Waals surface area contributed by atoms with Gasteiger partial charge >= 0.3 is 0 Å². The van der Waals surface area contributed by atoms with Crippen molar-refractivity contribution in [2.45, 2.75) is 11.5 Å². The summed E-state index contributed by atoms with van der Waals surface area (Å²) in [5.41, 5.74) is 2.91. The number of nitrogens with zero attached hydrogens (tertiary/aromatic N) is 3. The largest absolute Gasteiger partial charge is 0.377 e. The van der Waals surface area contributed by atoms with Crippen molar-refractivity contribution in [3.63, 3.8) is 0 Å². The first-order valence-corrected chi connectivity index (χ1v) is 11.6. The number of nitrogens with one attached hydrogen (secondary N) is 1. The van der Waals surface area contributed by atoms with Crippen molar-refractivity contribution >= 4 is 43.8 Å². The Balaban J connectivity index is 1.78. The summed E-state index contributed by atoms with van der Waals surface area (Å²) in [5, 5.41) is 4.60. The highest BCUT2D eigenvalue weighted by atomic mass is 35.5. The minimum atomic E-state index is -3.26. The zero-order valence-corrected chi connectivity index (χ0v) is 18.4. The van der Waals surface area contributed by atoms with E-state index in [2.05, 4.69) is 20.3 Å². The molecule has 31 heavy (non-hydrogen) atoms. The molecule has 2 aromatic carbocycles. The third-order valence-electron chi connectivity index (χ3n) is 4.59. The van der Waals surface area contributed by atoms with Crippen LogP contribution in [0.3, 0.4) is 0 Å². The normalized spacial score (nSPS) is 11.6. The van der Waals surface area contributed by atoms with E-state index < -0.39 is 9.84 Å². The zero-order chi connectivity index (χ0) is 22.0. The van der Waals surface area contributed by atoms with Gasteiger partial charge in [0.1, 0.15) is 12.4 Å². The number of benzene rings is 2. The van der Waals surface area contributed by atoms with Crippen LogP contribution in [0.25, 0.3) is 22.2 Å². The van der Waals surface area contributed by atoms with E-state index in [0.29, 0.717) is 33.6 Å². The molecule has 0 spiro atoms. The van der Waals surface area contributed by atoms with Crippen molar-refractivity contribution in [1.82, 2.24) is 15.0 Å². The van der Waals surface area contributed by atoms with E-state index in [1.54, 1.807) is 49.7 Å². The molecule has 2 aromatic heterocycles. The van der Waals surface area contributed by atoms with Crippen LogP contribution in [0.5, 0.6) is 0 Å². The highest BCUT2D eigenvalue weighted by Crippen LogP contribution is 2.31. The van der Waals surface area contributed by atoms with Gasteiger partial charge in [0.15, 0.2) is 15.7 Å². The van der Waals surface area contributed by atoms with Crippen LogP contribution in [-0.4, -0.2) is 36.7 Å². The summed E-state index contributed by atoms with van der Waals surface area (Å²) >= 11 is 6.30. The predicted molar refractivity (Wildman–Crippen MR) is 121 cm³/mol. The molecule has 4 aromatic rings. The Morgan fingerprint density at radius 3 is 2.52 bits per heavy atom. The minimum absolute atomic E-state index is 0.242. The Kier molecular flexibility index (Phi) is 5.86. The van der Waals surface area contributed by atoms with Crippen molar-refractivity contribution in [2.75, 3.05) is 18.7 Å². The summed E-state index contributed by atoms with van der Waals surface area (Å²) in [6.45, 7) is 0.242. The highest BCUT2D eigenvalue weighted by Gasteiger charge is 2.12. The SMILES string of the molecule is COCc1nc(Nc2ccc(S(C)(=O)=O)cc2)c2ccc(-c3ncccc3Cl)cc2n1.